The van der Waals surface area contributed by atoms with E-state index in [-0.39, 0.29) is 0 Å². The predicted molar refractivity (Wildman–Crippen MR) is 135 cm³/mol. The van der Waals surface area contributed by atoms with Crippen molar-refractivity contribution in [2.45, 2.75) is 5.60 Å². The Morgan fingerprint density at radius 2 is 0.909 bits per heavy atom. The topological polar surface area (TPSA) is 18.5 Å². The van der Waals surface area contributed by atoms with Gasteiger partial charge in [-0.1, -0.05) is 121 Å². The van der Waals surface area contributed by atoms with Crippen molar-refractivity contribution in [1.29, 1.82) is 0 Å². The van der Waals surface area contributed by atoms with E-state index in [1.807, 2.05) is 24.3 Å². The van der Waals surface area contributed by atoms with E-state index in [0.29, 0.717) is 0 Å². The number of hydrogen-bond acceptors (Lipinski definition) is 2. The fourth-order valence-corrected chi connectivity index (χ4v) is 4.94. The molecule has 4 aromatic rings. The van der Waals surface area contributed by atoms with Crippen LogP contribution in [0, 0.1) is 0 Å². The lowest BCUT2D eigenvalue weighted by Crippen LogP contribution is -2.32. The van der Waals surface area contributed by atoms with Crippen LogP contribution in [0.25, 0.3) is 16.7 Å². The average molecular weight is 431 g/mol. The van der Waals surface area contributed by atoms with Gasteiger partial charge in [-0.2, -0.15) is 0 Å². The normalized spacial score (nSPS) is 18.0. The average Bonchev–Trinajstić information content (AvgIpc) is 3.22. The van der Waals surface area contributed by atoms with Gasteiger partial charge in [-0.05, 0) is 22.3 Å². The van der Waals surface area contributed by atoms with Crippen molar-refractivity contribution in [1.82, 2.24) is 0 Å². The third kappa shape index (κ3) is 3.40. The highest BCUT2D eigenvalue weighted by molar-refractivity contribution is 6.21. The van der Waals surface area contributed by atoms with Crippen molar-refractivity contribution >= 4 is 16.7 Å². The summed E-state index contributed by atoms with van der Waals surface area (Å²) in [6.45, 7) is 0. The van der Waals surface area contributed by atoms with Crippen LogP contribution < -0.4 is 0 Å². The number of rotatable bonds is 6. The Morgan fingerprint density at radius 3 is 1.36 bits per heavy atom. The van der Waals surface area contributed by atoms with Crippen LogP contribution >= 0.6 is 0 Å². The first-order valence-electron chi connectivity index (χ1n) is 11.1. The number of allylic oxidation sites excluding steroid dienone is 2. The molecule has 0 radical (unpaired) electrons. The van der Waals surface area contributed by atoms with Crippen molar-refractivity contribution in [3.8, 4) is 0 Å². The van der Waals surface area contributed by atoms with Crippen molar-refractivity contribution in [3.63, 3.8) is 0 Å². The van der Waals surface area contributed by atoms with Crippen LogP contribution in [0.5, 0.6) is 0 Å². The lowest BCUT2D eigenvalue weighted by molar-refractivity contribution is 0.0270. The molecule has 0 amide bonds. The summed E-state index contributed by atoms with van der Waals surface area (Å²) in [5.74, 6) is 0.792. The SMILES string of the molecule is COC1=C(c2ccccc2)C(c2ccccc2)=C(c2ccccc2)C1(OC)c1ccccc1. The predicted octanol–water partition coefficient (Wildman–Crippen LogP) is 7.21. The number of ether oxygens (including phenoxy) is 2. The molecule has 0 saturated heterocycles. The van der Waals surface area contributed by atoms with Gasteiger partial charge < -0.3 is 9.47 Å². The lowest BCUT2D eigenvalue weighted by atomic mass is 9.81. The van der Waals surface area contributed by atoms with Crippen LogP contribution in [-0.2, 0) is 15.1 Å². The maximum Gasteiger partial charge on any atom is 0.176 e. The van der Waals surface area contributed by atoms with E-state index in [2.05, 4.69) is 97.1 Å². The van der Waals surface area contributed by atoms with Gasteiger partial charge in [0.25, 0.3) is 0 Å². The summed E-state index contributed by atoms with van der Waals surface area (Å²) in [4.78, 5) is 0. The largest absolute Gasteiger partial charge is 0.497 e. The highest BCUT2D eigenvalue weighted by Crippen LogP contribution is 2.59. The Bertz CT molecular complexity index is 1290. The summed E-state index contributed by atoms with van der Waals surface area (Å²) in [5.41, 5.74) is 6.71. The van der Waals surface area contributed by atoms with Crippen LogP contribution in [0.3, 0.4) is 0 Å². The first kappa shape index (κ1) is 21.0. The summed E-state index contributed by atoms with van der Waals surface area (Å²) in [6.07, 6.45) is 0. The summed E-state index contributed by atoms with van der Waals surface area (Å²) < 4.78 is 12.8. The molecule has 2 heteroatoms. The third-order valence-corrected chi connectivity index (χ3v) is 6.28. The van der Waals surface area contributed by atoms with Gasteiger partial charge in [0.2, 0.25) is 0 Å². The van der Waals surface area contributed by atoms with Crippen LogP contribution in [0.15, 0.2) is 127 Å². The molecule has 0 N–H and O–H groups in total. The first-order chi connectivity index (χ1) is 16.3. The Balaban J connectivity index is 1.97. The van der Waals surface area contributed by atoms with E-state index in [0.717, 1.165) is 44.7 Å². The molecule has 162 valence electrons. The zero-order valence-electron chi connectivity index (χ0n) is 18.9. The zero-order chi connectivity index (χ0) is 22.7. The molecule has 0 heterocycles. The van der Waals surface area contributed by atoms with Crippen molar-refractivity contribution in [2.24, 2.45) is 0 Å². The molecule has 5 rings (SSSR count). The van der Waals surface area contributed by atoms with E-state index < -0.39 is 5.60 Å². The Morgan fingerprint density at radius 1 is 0.485 bits per heavy atom. The van der Waals surface area contributed by atoms with Crippen LogP contribution in [-0.4, -0.2) is 14.2 Å². The highest BCUT2D eigenvalue weighted by atomic mass is 16.5. The Hall–Kier alpha value is -3.88. The molecule has 0 bridgehead atoms. The second-order valence-corrected chi connectivity index (χ2v) is 8.01. The second kappa shape index (κ2) is 8.93. The monoisotopic (exact) mass is 430 g/mol. The quantitative estimate of drug-likeness (QED) is 0.322. The number of benzene rings is 4. The Kier molecular flexibility index (Phi) is 5.68. The molecule has 0 fully saturated rings. The molecule has 1 unspecified atom stereocenters. The van der Waals surface area contributed by atoms with E-state index >= 15 is 0 Å². The second-order valence-electron chi connectivity index (χ2n) is 8.01. The zero-order valence-corrected chi connectivity index (χ0v) is 18.9. The van der Waals surface area contributed by atoms with Crippen LogP contribution in [0.1, 0.15) is 22.3 Å². The maximum atomic E-state index is 6.52. The molecular weight excluding hydrogens is 404 g/mol. The van der Waals surface area contributed by atoms with Gasteiger partial charge >= 0.3 is 0 Å². The molecule has 33 heavy (non-hydrogen) atoms. The lowest BCUT2D eigenvalue weighted by Gasteiger charge is -2.34. The first-order valence-corrected chi connectivity index (χ1v) is 11.1. The number of hydrogen-bond donors (Lipinski definition) is 0. The molecule has 0 aliphatic heterocycles. The molecule has 2 nitrogen and oxygen atoms in total. The summed E-state index contributed by atoms with van der Waals surface area (Å²) in [7, 11) is 3.51. The molecule has 1 aliphatic carbocycles. The van der Waals surface area contributed by atoms with Gasteiger partial charge in [0.1, 0.15) is 5.76 Å². The summed E-state index contributed by atoms with van der Waals surface area (Å²) in [5, 5.41) is 0. The maximum absolute atomic E-state index is 6.52. The minimum absolute atomic E-state index is 0.792. The minimum Gasteiger partial charge on any atom is -0.497 e. The van der Waals surface area contributed by atoms with Gasteiger partial charge in [-0.15, -0.1) is 0 Å². The molecular formula is C31H26O2. The van der Waals surface area contributed by atoms with Gasteiger partial charge in [0, 0.05) is 23.8 Å². The van der Waals surface area contributed by atoms with Crippen LogP contribution in [0.2, 0.25) is 0 Å². The Labute approximate surface area is 195 Å². The summed E-state index contributed by atoms with van der Waals surface area (Å²) >= 11 is 0. The van der Waals surface area contributed by atoms with Gasteiger partial charge in [0.15, 0.2) is 5.60 Å². The third-order valence-electron chi connectivity index (χ3n) is 6.28. The van der Waals surface area contributed by atoms with Crippen molar-refractivity contribution in [2.75, 3.05) is 14.2 Å². The fourth-order valence-electron chi connectivity index (χ4n) is 4.94. The van der Waals surface area contributed by atoms with Crippen molar-refractivity contribution < 1.29 is 9.47 Å². The van der Waals surface area contributed by atoms with Gasteiger partial charge in [-0.25, -0.2) is 0 Å². The highest BCUT2D eigenvalue weighted by Gasteiger charge is 2.51. The summed E-state index contributed by atoms with van der Waals surface area (Å²) in [6, 6.07) is 41.8. The van der Waals surface area contributed by atoms with Gasteiger partial charge in [-0.3, -0.25) is 0 Å². The smallest absolute Gasteiger partial charge is 0.176 e. The van der Waals surface area contributed by atoms with Crippen LogP contribution in [0.4, 0.5) is 0 Å². The molecule has 4 aromatic carbocycles. The standard InChI is InChI=1S/C31H26O2/c1-32-30-28(24-17-9-4-10-18-24)27(23-15-7-3-8-16-23)29(25-19-11-5-12-20-25)31(30,33-2)26-21-13-6-14-22-26/h3-22H,1-2H3. The minimum atomic E-state index is -0.895. The van der Waals surface area contributed by atoms with E-state index in [4.69, 9.17) is 9.47 Å². The van der Waals surface area contributed by atoms with E-state index in [9.17, 15) is 0 Å². The molecule has 0 spiro atoms. The van der Waals surface area contributed by atoms with E-state index in [1.54, 1.807) is 14.2 Å². The van der Waals surface area contributed by atoms with Crippen molar-refractivity contribution in [3.05, 3.63) is 149 Å². The fraction of sp³-hybridized carbons (Fsp3) is 0.0968. The molecule has 0 saturated carbocycles. The number of methoxy groups -OCH3 is 2. The molecule has 1 atom stereocenters. The molecule has 0 aromatic heterocycles. The van der Waals surface area contributed by atoms with E-state index in [1.165, 1.54) is 0 Å². The molecule has 1 aliphatic rings. The van der Waals surface area contributed by atoms with Gasteiger partial charge in [0.05, 0.1) is 7.11 Å².